The molecule has 128 valence electrons. The number of hydrogen-bond acceptors (Lipinski definition) is 0. The third kappa shape index (κ3) is 3.72. The molecular formula is C25H28. The molecule has 0 aromatic heterocycles. The smallest absolute Gasteiger partial charge is 0.0252 e. The van der Waals surface area contributed by atoms with Crippen LogP contribution in [0, 0.1) is 11.8 Å². The summed E-state index contributed by atoms with van der Waals surface area (Å²) in [5, 5.41) is 0. The average molecular weight is 328 g/mol. The number of rotatable bonds is 2. The summed E-state index contributed by atoms with van der Waals surface area (Å²) >= 11 is 0. The zero-order valence-corrected chi connectivity index (χ0v) is 15.9. The highest BCUT2D eigenvalue weighted by atomic mass is 14.3. The quantitative estimate of drug-likeness (QED) is 0.536. The zero-order chi connectivity index (χ0) is 17.9. The first kappa shape index (κ1) is 17.6. The summed E-state index contributed by atoms with van der Waals surface area (Å²) in [7, 11) is 0. The number of allylic oxidation sites excluding steroid dienone is 2. The van der Waals surface area contributed by atoms with Gasteiger partial charge in [0, 0.05) is 11.1 Å². The van der Waals surface area contributed by atoms with E-state index in [1.807, 2.05) is 18.2 Å². The lowest BCUT2D eigenvalue weighted by Gasteiger charge is -2.35. The van der Waals surface area contributed by atoms with Crippen LogP contribution in [0.25, 0.3) is 5.57 Å². The Bertz CT molecular complexity index is 833. The van der Waals surface area contributed by atoms with Crippen LogP contribution in [-0.4, -0.2) is 0 Å². The standard InChI is InChI=1S/C25H28/c1-5-21(6-2)22-16-17-25(3,4)24-18-20(14-15-23(22)24)13-12-19-10-8-7-9-11-19/h7-11,14-15,18H,5-6,16-17H2,1-4H3. The van der Waals surface area contributed by atoms with Crippen molar-refractivity contribution >= 4 is 5.57 Å². The van der Waals surface area contributed by atoms with Crippen LogP contribution in [-0.2, 0) is 5.41 Å². The first-order chi connectivity index (χ1) is 12.0. The lowest BCUT2D eigenvalue weighted by Crippen LogP contribution is -2.24. The van der Waals surface area contributed by atoms with Gasteiger partial charge in [-0.1, -0.05) is 69.4 Å². The molecule has 2 aromatic carbocycles. The lowest BCUT2D eigenvalue weighted by atomic mass is 9.69. The molecule has 25 heavy (non-hydrogen) atoms. The van der Waals surface area contributed by atoms with Crippen LogP contribution >= 0.6 is 0 Å². The van der Waals surface area contributed by atoms with Crippen LogP contribution in [0.5, 0.6) is 0 Å². The molecule has 0 N–H and O–H groups in total. The van der Waals surface area contributed by atoms with Crippen molar-refractivity contribution in [2.75, 3.05) is 0 Å². The van der Waals surface area contributed by atoms with Crippen molar-refractivity contribution in [1.29, 1.82) is 0 Å². The monoisotopic (exact) mass is 328 g/mol. The highest BCUT2D eigenvalue weighted by Gasteiger charge is 2.30. The maximum Gasteiger partial charge on any atom is 0.0252 e. The van der Waals surface area contributed by atoms with E-state index in [1.54, 1.807) is 11.1 Å². The van der Waals surface area contributed by atoms with Gasteiger partial charge in [-0.2, -0.15) is 0 Å². The second-order valence-electron chi connectivity index (χ2n) is 7.55. The van der Waals surface area contributed by atoms with E-state index in [4.69, 9.17) is 0 Å². The van der Waals surface area contributed by atoms with E-state index >= 15 is 0 Å². The molecule has 0 heterocycles. The van der Waals surface area contributed by atoms with Gasteiger partial charge in [-0.3, -0.25) is 0 Å². The molecule has 0 unspecified atom stereocenters. The molecule has 0 aliphatic heterocycles. The fourth-order valence-corrected chi connectivity index (χ4v) is 3.86. The van der Waals surface area contributed by atoms with Crippen LogP contribution < -0.4 is 0 Å². The molecule has 1 aliphatic rings. The van der Waals surface area contributed by atoms with Gasteiger partial charge in [0.15, 0.2) is 0 Å². The van der Waals surface area contributed by atoms with Crippen molar-refractivity contribution in [3.63, 3.8) is 0 Å². The SMILES string of the molecule is CCC(CC)=C1CCC(C)(C)c2cc(C#Cc3ccccc3)ccc21. The van der Waals surface area contributed by atoms with Crippen molar-refractivity contribution in [1.82, 2.24) is 0 Å². The van der Waals surface area contributed by atoms with Crippen molar-refractivity contribution < 1.29 is 0 Å². The molecule has 0 atom stereocenters. The van der Waals surface area contributed by atoms with Crippen LogP contribution in [0.2, 0.25) is 0 Å². The van der Waals surface area contributed by atoms with Crippen LogP contribution in [0.1, 0.15) is 75.6 Å². The van der Waals surface area contributed by atoms with E-state index in [0.29, 0.717) is 0 Å². The maximum absolute atomic E-state index is 3.35. The van der Waals surface area contributed by atoms with Crippen molar-refractivity contribution in [2.45, 2.75) is 58.8 Å². The predicted octanol–water partition coefficient (Wildman–Crippen LogP) is 6.73. The first-order valence-electron chi connectivity index (χ1n) is 9.48. The fraction of sp³-hybridized carbons (Fsp3) is 0.360. The molecule has 0 radical (unpaired) electrons. The molecule has 0 bridgehead atoms. The summed E-state index contributed by atoms with van der Waals surface area (Å²) in [6.45, 7) is 9.30. The summed E-state index contributed by atoms with van der Waals surface area (Å²) in [5.41, 5.74) is 8.52. The second-order valence-corrected chi connectivity index (χ2v) is 7.55. The molecule has 0 saturated carbocycles. The predicted molar refractivity (Wildman–Crippen MR) is 109 cm³/mol. The van der Waals surface area contributed by atoms with Crippen molar-refractivity contribution in [3.8, 4) is 11.8 Å². The molecule has 0 nitrogen and oxygen atoms in total. The molecule has 2 aromatic rings. The third-order valence-electron chi connectivity index (χ3n) is 5.48. The van der Waals surface area contributed by atoms with E-state index in [1.165, 1.54) is 24.0 Å². The fourth-order valence-electron chi connectivity index (χ4n) is 3.86. The number of benzene rings is 2. The van der Waals surface area contributed by atoms with Gasteiger partial charge in [0.05, 0.1) is 0 Å². The summed E-state index contributed by atoms with van der Waals surface area (Å²) in [6, 6.07) is 17.1. The van der Waals surface area contributed by atoms with E-state index in [9.17, 15) is 0 Å². The Morgan fingerprint density at radius 2 is 1.60 bits per heavy atom. The summed E-state index contributed by atoms with van der Waals surface area (Å²) in [4.78, 5) is 0. The minimum absolute atomic E-state index is 0.218. The Balaban J connectivity index is 2.06. The molecule has 1 aliphatic carbocycles. The molecular weight excluding hydrogens is 300 g/mol. The largest absolute Gasteiger partial charge is 0.0669 e. The van der Waals surface area contributed by atoms with E-state index in [-0.39, 0.29) is 5.41 Å². The minimum Gasteiger partial charge on any atom is -0.0669 e. The van der Waals surface area contributed by atoms with E-state index in [2.05, 4.69) is 69.9 Å². The topological polar surface area (TPSA) is 0 Å². The Kier molecular flexibility index (Phi) is 5.14. The molecule has 0 saturated heterocycles. The van der Waals surface area contributed by atoms with Gasteiger partial charge < -0.3 is 0 Å². The van der Waals surface area contributed by atoms with Gasteiger partial charge in [-0.05, 0) is 72.1 Å². The molecule has 0 heteroatoms. The van der Waals surface area contributed by atoms with E-state index < -0.39 is 0 Å². The Morgan fingerprint density at radius 3 is 2.28 bits per heavy atom. The maximum atomic E-state index is 3.35. The van der Waals surface area contributed by atoms with Gasteiger partial charge in [0.25, 0.3) is 0 Å². The zero-order valence-electron chi connectivity index (χ0n) is 15.9. The van der Waals surface area contributed by atoms with Gasteiger partial charge in [-0.15, -0.1) is 0 Å². The van der Waals surface area contributed by atoms with Gasteiger partial charge in [0.2, 0.25) is 0 Å². The third-order valence-corrected chi connectivity index (χ3v) is 5.48. The number of hydrogen-bond donors (Lipinski definition) is 0. The molecule has 0 spiro atoms. The first-order valence-corrected chi connectivity index (χ1v) is 9.48. The average Bonchev–Trinajstić information content (AvgIpc) is 2.64. The number of fused-ring (bicyclic) bond motifs is 1. The van der Waals surface area contributed by atoms with Crippen LogP contribution in [0.3, 0.4) is 0 Å². The molecule has 3 rings (SSSR count). The molecule has 0 amide bonds. The Labute approximate surface area is 153 Å². The molecule has 0 fully saturated rings. The van der Waals surface area contributed by atoms with Crippen molar-refractivity contribution in [2.24, 2.45) is 0 Å². The summed E-state index contributed by atoms with van der Waals surface area (Å²) in [6.07, 6.45) is 4.73. The van der Waals surface area contributed by atoms with Crippen molar-refractivity contribution in [3.05, 3.63) is 76.4 Å². The van der Waals surface area contributed by atoms with Gasteiger partial charge in [-0.25, -0.2) is 0 Å². The Hall–Kier alpha value is -2.26. The van der Waals surface area contributed by atoms with Gasteiger partial charge >= 0.3 is 0 Å². The second kappa shape index (κ2) is 7.32. The lowest BCUT2D eigenvalue weighted by molar-refractivity contribution is 0.473. The van der Waals surface area contributed by atoms with Crippen LogP contribution in [0.4, 0.5) is 0 Å². The minimum atomic E-state index is 0.218. The highest BCUT2D eigenvalue weighted by molar-refractivity contribution is 5.75. The van der Waals surface area contributed by atoms with E-state index in [0.717, 1.165) is 24.0 Å². The normalized spacial score (nSPS) is 15.1. The summed E-state index contributed by atoms with van der Waals surface area (Å²) < 4.78 is 0. The Morgan fingerprint density at radius 1 is 0.920 bits per heavy atom. The van der Waals surface area contributed by atoms with Crippen LogP contribution in [0.15, 0.2) is 54.1 Å². The summed E-state index contributed by atoms with van der Waals surface area (Å²) in [5.74, 6) is 6.64. The van der Waals surface area contributed by atoms with Gasteiger partial charge in [0.1, 0.15) is 0 Å². The highest BCUT2D eigenvalue weighted by Crippen LogP contribution is 2.44.